The number of benzene rings is 1. The van der Waals surface area contributed by atoms with Gasteiger partial charge in [-0.3, -0.25) is 4.98 Å². The third kappa shape index (κ3) is 2.08. The van der Waals surface area contributed by atoms with E-state index in [4.69, 9.17) is 0 Å². The summed E-state index contributed by atoms with van der Waals surface area (Å²) >= 11 is 0. The van der Waals surface area contributed by atoms with E-state index < -0.39 is 0 Å². The lowest BCUT2D eigenvalue weighted by Crippen LogP contribution is -2.22. The number of anilines is 1. The fraction of sp³-hybridized carbons (Fsp3) is 0.308. The maximum absolute atomic E-state index is 13.3. The van der Waals surface area contributed by atoms with Gasteiger partial charge in [0.2, 0.25) is 0 Å². The van der Waals surface area contributed by atoms with E-state index in [0.717, 1.165) is 36.1 Å². The first kappa shape index (κ1) is 10.5. The van der Waals surface area contributed by atoms with Crippen molar-refractivity contribution in [1.29, 1.82) is 0 Å². The number of fused-ring (bicyclic) bond motifs is 1. The SMILES string of the molecule is Fc1ccc2nccc(N[C@@H]3CCNC3)c2c1. The molecule has 1 fully saturated rings. The van der Waals surface area contributed by atoms with Crippen molar-refractivity contribution < 1.29 is 4.39 Å². The van der Waals surface area contributed by atoms with E-state index in [1.54, 1.807) is 12.3 Å². The number of aromatic nitrogens is 1. The van der Waals surface area contributed by atoms with E-state index in [9.17, 15) is 4.39 Å². The van der Waals surface area contributed by atoms with Crippen LogP contribution in [0, 0.1) is 5.82 Å². The molecule has 88 valence electrons. The number of hydrogen-bond acceptors (Lipinski definition) is 3. The molecule has 0 unspecified atom stereocenters. The van der Waals surface area contributed by atoms with Gasteiger partial charge >= 0.3 is 0 Å². The number of halogens is 1. The van der Waals surface area contributed by atoms with Crippen LogP contribution in [-0.4, -0.2) is 24.1 Å². The molecule has 1 atom stereocenters. The van der Waals surface area contributed by atoms with Gasteiger partial charge in [0.05, 0.1) is 5.52 Å². The van der Waals surface area contributed by atoms with E-state index in [0.29, 0.717) is 6.04 Å². The molecule has 0 amide bonds. The van der Waals surface area contributed by atoms with Crippen LogP contribution >= 0.6 is 0 Å². The van der Waals surface area contributed by atoms with Crippen molar-refractivity contribution in [3.8, 4) is 0 Å². The number of hydrogen-bond donors (Lipinski definition) is 2. The molecule has 2 N–H and O–H groups in total. The van der Waals surface area contributed by atoms with Gasteiger partial charge in [0.25, 0.3) is 0 Å². The van der Waals surface area contributed by atoms with Crippen molar-refractivity contribution >= 4 is 16.6 Å². The van der Waals surface area contributed by atoms with Gasteiger partial charge in [0.1, 0.15) is 5.82 Å². The Kier molecular flexibility index (Phi) is 2.65. The molecule has 17 heavy (non-hydrogen) atoms. The maximum Gasteiger partial charge on any atom is 0.124 e. The largest absolute Gasteiger partial charge is 0.380 e. The molecule has 4 heteroatoms. The van der Waals surface area contributed by atoms with Crippen molar-refractivity contribution in [2.45, 2.75) is 12.5 Å². The highest BCUT2D eigenvalue weighted by Gasteiger charge is 2.15. The second kappa shape index (κ2) is 4.30. The highest BCUT2D eigenvalue weighted by Crippen LogP contribution is 2.23. The third-order valence-electron chi connectivity index (χ3n) is 3.12. The second-order valence-electron chi connectivity index (χ2n) is 4.35. The molecule has 0 saturated carbocycles. The molecule has 0 bridgehead atoms. The Morgan fingerprint density at radius 1 is 1.35 bits per heavy atom. The van der Waals surface area contributed by atoms with Crippen LogP contribution in [0.25, 0.3) is 10.9 Å². The summed E-state index contributed by atoms with van der Waals surface area (Å²) in [7, 11) is 0. The Hall–Kier alpha value is -1.68. The smallest absolute Gasteiger partial charge is 0.124 e. The second-order valence-corrected chi connectivity index (χ2v) is 4.35. The number of rotatable bonds is 2. The van der Waals surface area contributed by atoms with Gasteiger partial charge < -0.3 is 10.6 Å². The molecule has 1 aliphatic heterocycles. The zero-order valence-electron chi connectivity index (χ0n) is 9.41. The Bertz CT molecular complexity index is 535. The van der Waals surface area contributed by atoms with Gasteiger partial charge in [-0.25, -0.2) is 4.39 Å². The summed E-state index contributed by atoms with van der Waals surface area (Å²) in [6.45, 7) is 1.99. The average Bonchev–Trinajstić information content (AvgIpc) is 2.83. The maximum atomic E-state index is 13.3. The fourth-order valence-corrected chi connectivity index (χ4v) is 2.24. The lowest BCUT2D eigenvalue weighted by molar-refractivity contribution is 0.629. The molecule has 0 spiro atoms. The first-order valence-corrected chi connectivity index (χ1v) is 5.84. The van der Waals surface area contributed by atoms with Crippen LogP contribution in [-0.2, 0) is 0 Å². The summed E-state index contributed by atoms with van der Waals surface area (Å²) in [6.07, 6.45) is 2.85. The van der Waals surface area contributed by atoms with Crippen LogP contribution < -0.4 is 10.6 Å². The van der Waals surface area contributed by atoms with Crippen LogP contribution in [0.2, 0.25) is 0 Å². The van der Waals surface area contributed by atoms with Crippen molar-refractivity contribution in [3.05, 3.63) is 36.3 Å². The van der Waals surface area contributed by atoms with Crippen molar-refractivity contribution in [1.82, 2.24) is 10.3 Å². The first-order chi connectivity index (χ1) is 8.33. The van der Waals surface area contributed by atoms with E-state index in [-0.39, 0.29) is 5.82 Å². The molecule has 2 aromatic rings. The van der Waals surface area contributed by atoms with E-state index in [1.165, 1.54) is 12.1 Å². The molecule has 3 rings (SSSR count). The molecule has 3 nitrogen and oxygen atoms in total. The van der Waals surface area contributed by atoms with Crippen molar-refractivity contribution in [2.24, 2.45) is 0 Å². The Morgan fingerprint density at radius 2 is 2.29 bits per heavy atom. The topological polar surface area (TPSA) is 37.0 Å². The lowest BCUT2D eigenvalue weighted by atomic mass is 10.1. The highest BCUT2D eigenvalue weighted by molar-refractivity contribution is 5.91. The average molecular weight is 231 g/mol. The number of nitrogens with one attached hydrogen (secondary N) is 2. The zero-order valence-corrected chi connectivity index (χ0v) is 9.41. The summed E-state index contributed by atoms with van der Waals surface area (Å²) < 4.78 is 13.3. The minimum Gasteiger partial charge on any atom is -0.380 e. The van der Waals surface area contributed by atoms with Crippen LogP contribution in [0.3, 0.4) is 0 Å². The van der Waals surface area contributed by atoms with E-state index in [1.807, 2.05) is 6.07 Å². The standard InChI is InChI=1S/C13H14FN3/c14-9-1-2-12-11(7-9)13(4-6-16-12)17-10-3-5-15-8-10/h1-2,4,6-7,10,15H,3,5,8H2,(H,16,17)/t10-/m1/s1. The summed E-state index contributed by atoms with van der Waals surface area (Å²) in [6, 6.07) is 7.01. The molecule has 1 aromatic heterocycles. The quantitative estimate of drug-likeness (QED) is 0.831. The van der Waals surface area contributed by atoms with Gasteiger partial charge in [-0.1, -0.05) is 0 Å². The zero-order chi connectivity index (χ0) is 11.7. The summed E-state index contributed by atoms with van der Waals surface area (Å²) in [5.41, 5.74) is 1.78. The van der Waals surface area contributed by atoms with Gasteiger partial charge in [0.15, 0.2) is 0 Å². The minimum absolute atomic E-state index is 0.224. The van der Waals surface area contributed by atoms with Crippen LogP contribution in [0.15, 0.2) is 30.5 Å². The number of pyridine rings is 1. The van der Waals surface area contributed by atoms with Gasteiger partial charge in [-0.05, 0) is 37.2 Å². The summed E-state index contributed by atoms with van der Waals surface area (Å²) in [4.78, 5) is 4.24. The molecular weight excluding hydrogens is 217 g/mol. The van der Waals surface area contributed by atoms with Gasteiger partial charge in [-0.2, -0.15) is 0 Å². The van der Waals surface area contributed by atoms with Crippen molar-refractivity contribution in [3.63, 3.8) is 0 Å². The third-order valence-corrected chi connectivity index (χ3v) is 3.12. The Morgan fingerprint density at radius 3 is 3.12 bits per heavy atom. The predicted octanol–water partition coefficient (Wildman–Crippen LogP) is 2.15. The molecule has 1 aliphatic rings. The normalized spacial score (nSPS) is 19.7. The molecule has 1 aromatic carbocycles. The van der Waals surface area contributed by atoms with Crippen LogP contribution in [0.1, 0.15) is 6.42 Å². The Balaban J connectivity index is 1.99. The molecule has 2 heterocycles. The molecular formula is C13H14FN3. The lowest BCUT2D eigenvalue weighted by Gasteiger charge is -2.14. The summed E-state index contributed by atoms with van der Waals surface area (Å²) in [5, 5.41) is 7.59. The molecule has 0 aliphatic carbocycles. The first-order valence-electron chi connectivity index (χ1n) is 5.84. The van der Waals surface area contributed by atoms with Crippen LogP contribution in [0.5, 0.6) is 0 Å². The van der Waals surface area contributed by atoms with E-state index >= 15 is 0 Å². The van der Waals surface area contributed by atoms with Gasteiger partial charge in [-0.15, -0.1) is 0 Å². The van der Waals surface area contributed by atoms with Crippen molar-refractivity contribution in [2.75, 3.05) is 18.4 Å². The van der Waals surface area contributed by atoms with Gasteiger partial charge in [0, 0.05) is 29.9 Å². The number of nitrogens with zero attached hydrogens (tertiary/aromatic N) is 1. The minimum atomic E-state index is -0.224. The highest BCUT2D eigenvalue weighted by atomic mass is 19.1. The monoisotopic (exact) mass is 231 g/mol. The van der Waals surface area contributed by atoms with E-state index in [2.05, 4.69) is 15.6 Å². The molecule has 1 saturated heterocycles. The van der Waals surface area contributed by atoms with Crippen LogP contribution in [0.4, 0.5) is 10.1 Å². The predicted molar refractivity (Wildman–Crippen MR) is 66.6 cm³/mol. The summed E-state index contributed by atoms with van der Waals surface area (Å²) in [5.74, 6) is -0.224. The fourth-order valence-electron chi connectivity index (χ4n) is 2.24. The molecule has 0 radical (unpaired) electrons. The Labute approximate surface area is 99.1 Å².